The number of carboxylic acids is 2. The highest BCUT2D eigenvalue weighted by Gasteiger charge is 2.32. The van der Waals surface area contributed by atoms with Crippen LogP contribution in [0.2, 0.25) is 0 Å². The van der Waals surface area contributed by atoms with Crippen molar-refractivity contribution in [3.05, 3.63) is 18.2 Å². The number of carbonyl (C=O) groups is 6. The van der Waals surface area contributed by atoms with E-state index in [-0.39, 0.29) is 18.8 Å². The molecule has 0 spiro atoms. The van der Waals surface area contributed by atoms with Gasteiger partial charge in [0.05, 0.1) is 18.8 Å². The van der Waals surface area contributed by atoms with Crippen molar-refractivity contribution in [2.75, 3.05) is 6.67 Å². The van der Waals surface area contributed by atoms with Crippen LogP contribution < -0.4 is 21.7 Å². The molecule has 0 unspecified atom stereocenters. The Bertz CT molecular complexity index is 955. The minimum absolute atomic E-state index is 0.0697. The number of nitrogens with one attached hydrogen (secondary N) is 4. The smallest absolute Gasteiger partial charge is 0.305 e. The number of carboxylic acid groups (broad SMARTS) is 2. The number of nitrogens with two attached hydrogens (primary N) is 1. The van der Waals surface area contributed by atoms with Gasteiger partial charge in [-0.15, -0.1) is 0 Å². The lowest BCUT2D eigenvalue weighted by Crippen LogP contribution is -2.58. The van der Waals surface area contributed by atoms with Gasteiger partial charge in [-0.25, -0.2) is 9.37 Å². The Morgan fingerprint density at radius 1 is 0.973 bits per heavy atom. The first kappa shape index (κ1) is 31.2. The SMILES string of the molecule is CC(C)C[C@H](N)C(=O)N[C@@H](CCC(=O)O)C(=O)N[C@@H](Cc1cnc[nH]1)C(=O)N[C@@H](CC(=O)O)C(=O)CF. The number of rotatable bonds is 17. The quantitative estimate of drug-likeness (QED) is 0.126. The van der Waals surface area contributed by atoms with E-state index in [0.717, 1.165) is 0 Å². The number of aromatic nitrogens is 2. The summed E-state index contributed by atoms with van der Waals surface area (Å²) in [6, 6.07) is -5.45. The fraction of sp³-hybridized carbons (Fsp3) is 0.591. The molecule has 1 rings (SSSR count). The van der Waals surface area contributed by atoms with Gasteiger partial charge < -0.3 is 36.9 Å². The number of carbonyl (C=O) groups excluding carboxylic acids is 4. The lowest BCUT2D eigenvalue weighted by Gasteiger charge is -2.25. The molecular formula is C22H33FN6O8. The molecule has 3 amide bonds. The van der Waals surface area contributed by atoms with Gasteiger partial charge >= 0.3 is 11.9 Å². The number of alkyl halides is 1. The molecule has 0 saturated heterocycles. The van der Waals surface area contributed by atoms with E-state index in [2.05, 4.69) is 25.9 Å². The normalized spacial score (nSPS) is 14.2. The third kappa shape index (κ3) is 11.6. The van der Waals surface area contributed by atoms with Gasteiger partial charge in [0.15, 0.2) is 5.78 Å². The van der Waals surface area contributed by atoms with Gasteiger partial charge in [0.2, 0.25) is 17.7 Å². The van der Waals surface area contributed by atoms with Crippen molar-refractivity contribution < 1.29 is 43.4 Å². The van der Waals surface area contributed by atoms with Crippen LogP contribution in [-0.2, 0) is 35.2 Å². The summed E-state index contributed by atoms with van der Waals surface area (Å²) in [6.07, 6.45) is 1.07. The van der Waals surface area contributed by atoms with E-state index in [1.807, 2.05) is 13.8 Å². The summed E-state index contributed by atoms with van der Waals surface area (Å²) in [5, 5.41) is 24.9. The predicted molar refractivity (Wildman–Crippen MR) is 126 cm³/mol. The Kier molecular flexibility index (Phi) is 12.9. The van der Waals surface area contributed by atoms with E-state index >= 15 is 0 Å². The molecule has 0 aliphatic rings. The number of amides is 3. The molecular weight excluding hydrogens is 495 g/mol. The minimum Gasteiger partial charge on any atom is -0.481 e. The van der Waals surface area contributed by atoms with E-state index in [1.54, 1.807) is 0 Å². The Morgan fingerprint density at radius 2 is 1.57 bits per heavy atom. The fourth-order valence-corrected chi connectivity index (χ4v) is 3.31. The first-order chi connectivity index (χ1) is 17.3. The second kappa shape index (κ2) is 15.3. The molecule has 0 radical (unpaired) electrons. The molecule has 14 nitrogen and oxygen atoms in total. The first-order valence-electron chi connectivity index (χ1n) is 11.5. The van der Waals surface area contributed by atoms with Gasteiger partial charge in [0, 0.05) is 24.7 Å². The van der Waals surface area contributed by atoms with Crippen LogP contribution in [-0.4, -0.2) is 86.5 Å². The molecule has 4 atom stereocenters. The van der Waals surface area contributed by atoms with Crippen LogP contribution in [0.25, 0.3) is 0 Å². The highest BCUT2D eigenvalue weighted by molar-refractivity contribution is 5.96. The average molecular weight is 529 g/mol. The van der Waals surface area contributed by atoms with Crippen LogP contribution in [0.1, 0.15) is 45.2 Å². The zero-order valence-corrected chi connectivity index (χ0v) is 20.5. The number of halogens is 1. The Balaban J connectivity index is 3.12. The van der Waals surface area contributed by atoms with Crippen LogP contribution in [0.3, 0.4) is 0 Å². The van der Waals surface area contributed by atoms with Gasteiger partial charge in [-0.3, -0.25) is 28.8 Å². The van der Waals surface area contributed by atoms with Crippen molar-refractivity contribution in [3.8, 4) is 0 Å². The first-order valence-corrected chi connectivity index (χ1v) is 11.5. The second-order valence-electron chi connectivity index (χ2n) is 8.83. The average Bonchev–Trinajstić information content (AvgIpc) is 3.32. The van der Waals surface area contributed by atoms with Gasteiger partial charge in [-0.1, -0.05) is 13.8 Å². The minimum atomic E-state index is -1.69. The second-order valence-corrected chi connectivity index (χ2v) is 8.83. The van der Waals surface area contributed by atoms with Crippen LogP contribution in [0, 0.1) is 5.92 Å². The number of hydrogen-bond donors (Lipinski definition) is 7. The molecule has 15 heteroatoms. The van der Waals surface area contributed by atoms with Crippen molar-refractivity contribution in [2.45, 2.75) is 70.1 Å². The molecule has 8 N–H and O–H groups in total. The molecule has 0 aliphatic carbocycles. The number of H-pyrrole nitrogens is 1. The number of ketones is 1. The topological polar surface area (TPSA) is 234 Å². The van der Waals surface area contributed by atoms with Gasteiger partial charge in [-0.2, -0.15) is 0 Å². The van der Waals surface area contributed by atoms with Crippen molar-refractivity contribution in [2.24, 2.45) is 11.7 Å². The van der Waals surface area contributed by atoms with Gasteiger partial charge in [0.25, 0.3) is 0 Å². The lowest BCUT2D eigenvalue weighted by atomic mass is 10.0. The van der Waals surface area contributed by atoms with E-state index in [0.29, 0.717) is 12.1 Å². The molecule has 37 heavy (non-hydrogen) atoms. The van der Waals surface area contributed by atoms with Gasteiger partial charge in [-0.05, 0) is 18.8 Å². The largest absolute Gasteiger partial charge is 0.481 e. The molecule has 1 heterocycles. The summed E-state index contributed by atoms with van der Waals surface area (Å²) >= 11 is 0. The summed E-state index contributed by atoms with van der Waals surface area (Å²) in [4.78, 5) is 78.9. The predicted octanol–water partition coefficient (Wildman–Crippen LogP) is -1.34. The standard InChI is InChI=1S/C22H33FN6O8/c1-11(2)5-13(24)20(35)27-14(3-4-18(31)32)21(36)29-16(6-12-9-25-10-26-12)22(37)28-15(7-19(33)34)17(30)8-23/h9-11,13-16H,3-8,24H2,1-2H3,(H,25,26)(H,27,35)(H,28,37)(H,29,36)(H,31,32)(H,33,34)/t13-,14-,15-,16-/m0/s1. The van der Waals surface area contributed by atoms with Crippen LogP contribution in [0.5, 0.6) is 0 Å². The van der Waals surface area contributed by atoms with E-state index < -0.39 is 79.1 Å². The highest BCUT2D eigenvalue weighted by Crippen LogP contribution is 2.07. The maximum atomic E-state index is 13.0. The summed E-state index contributed by atoms with van der Waals surface area (Å²) < 4.78 is 12.9. The third-order valence-electron chi connectivity index (χ3n) is 5.17. The molecule has 1 aromatic rings. The molecule has 206 valence electrons. The third-order valence-corrected chi connectivity index (χ3v) is 5.17. The number of hydrogen-bond acceptors (Lipinski definition) is 8. The molecule has 0 fully saturated rings. The Hall–Kier alpha value is -3.88. The molecule has 0 saturated carbocycles. The van der Waals surface area contributed by atoms with Crippen molar-refractivity contribution in [1.29, 1.82) is 0 Å². The van der Waals surface area contributed by atoms with E-state index in [1.165, 1.54) is 12.5 Å². The van der Waals surface area contributed by atoms with Gasteiger partial charge in [0.1, 0.15) is 24.8 Å². The lowest BCUT2D eigenvalue weighted by molar-refractivity contribution is -0.141. The fourth-order valence-electron chi connectivity index (χ4n) is 3.31. The number of nitrogens with zero attached hydrogens (tertiary/aromatic N) is 1. The number of aromatic amines is 1. The molecule has 0 aromatic carbocycles. The zero-order chi connectivity index (χ0) is 28.1. The summed E-state index contributed by atoms with van der Waals surface area (Å²) in [6.45, 7) is 2.16. The van der Waals surface area contributed by atoms with Crippen LogP contribution in [0.15, 0.2) is 12.5 Å². The summed E-state index contributed by atoms with van der Waals surface area (Å²) in [7, 11) is 0. The number of aliphatic carboxylic acids is 2. The highest BCUT2D eigenvalue weighted by atomic mass is 19.1. The Morgan fingerprint density at radius 3 is 2.08 bits per heavy atom. The van der Waals surface area contributed by atoms with Crippen LogP contribution >= 0.6 is 0 Å². The summed E-state index contributed by atoms with van der Waals surface area (Å²) in [5.41, 5.74) is 6.22. The van der Waals surface area contributed by atoms with Crippen LogP contribution in [0.4, 0.5) is 4.39 Å². The number of Topliss-reactive ketones (excluding diaryl/α,β-unsaturated/α-hetero) is 1. The monoisotopic (exact) mass is 528 g/mol. The Labute approximate surface area is 212 Å². The van der Waals surface area contributed by atoms with Crippen molar-refractivity contribution in [3.63, 3.8) is 0 Å². The zero-order valence-electron chi connectivity index (χ0n) is 20.5. The summed E-state index contributed by atoms with van der Waals surface area (Å²) in [5.74, 6) is -6.41. The molecule has 1 aromatic heterocycles. The number of imidazole rings is 1. The van der Waals surface area contributed by atoms with Crippen molar-refractivity contribution >= 4 is 35.4 Å². The van der Waals surface area contributed by atoms with E-state index in [4.69, 9.17) is 15.9 Å². The maximum absolute atomic E-state index is 13.0. The maximum Gasteiger partial charge on any atom is 0.305 e. The molecule has 0 bridgehead atoms. The molecule has 0 aliphatic heterocycles. The van der Waals surface area contributed by atoms with E-state index in [9.17, 15) is 33.2 Å². The van der Waals surface area contributed by atoms with Crippen molar-refractivity contribution in [1.82, 2.24) is 25.9 Å².